The van der Waals surface area contributed by atoms with E-state index >= 15 is 0 Å². The van der Waals surface area contributed by atoms with Crippen LogP contribution in [0.4, 0.5) is 0 Å². The molecule has 1 saturated heterocycles. The Bertz CT molecular complexity index is 1590. The third-order valence-electron chi connectivity index (χ3n) is 6.85. The molecule has 1 amide bonds. The molecule has 0 saturated carbocycles. The number of aryl methyl sites for hydroxylation is 1. The van der Waals surface area contributed by atoms with Crippen molar-refractivity contribution in [1.29, 1.82) is 0 Å². The summed E-state index contributed by atoms with van der Waals surface area (Å²) in [7, 11) is -3.63. The lowest BCUT2D eigenvalue weighted by Gasteiger charge is -2.35. The molecular weight excluding hydrogens is 541 g/mol. The Hall–Kier alpha value is -2.97. The average Bonchev–Trinajstić information content (AvgIpc) is 2.89. The van der Waals surface area contributed by atoms with Crippen LogP contribution in [0.25, 0.3) is 10.9 Å². The number of rotatable bonds is 6. The van der Waals surface area contributed by atoms with E-state index in [1.165, 1.54) is 0 Å². The maximum Gasteiger partial charge on any atom is 0.253 e. The predicted octanol–water partition coefficient (Wildman–Crippen LogP) is 5.78. The molecule has 9 heteroatoms. The summed E-state index contributed by atoms with van der Waals surface area (Å²) in [5.41, 5.74) is 3.51. The third-order valence-corrected chi connectivity index (χ3v) is 8.98. The quantitative estimate of drug-likeness (QED) is 0.295. The van der Waals surface area contributed by atoms with Gasteiger partial charge >= 0.3 is 0 Å². The number of sulfone groups is 1. The number of para-hydroxylation sites is 1. The number of nitrogens with zero attached hydrogens (tertiary/aromatic N) is 3. The minimum atomic E-state index is -3.63. The van der Waals surface area contributed by atoms with E-state index in [1.807, 2.05) is 36.1 Å². The first kappa shape index (κ1) is 26.6. The zero-order valence-electron chi connectivity index (χ0n) is 20.9. The Morgan fingerprint density at radius 3 is 2.34 bits per heavy atom. The van der Waals surface area contributed by atoms with Gasteiger partial charge in [-0.2, -0.15) is 0 Å². The van der Waals surface area contributed by atoms with Gasteiger partial charge in [0.2, 0.25) is 0 Å². The van der Waals surface area contributed by atoms with Gasteiger partial charge in [0, 0.05) is 59.9 Å². The number of aromatic nitrogens is 1. The molecule has 38 heavy (non-hydrogen) atoms. The molecule has 0 atom stereocenters. The number of halogens is 2. The largest absolute Gasteiger partial charge is 0.336 e. The Morgan fingerprint density at radius 2 is 1.63 bits per heavy atom. The fraction of sp³-hybridized carbons (Fsp3) is 0.241. The molecule has 0 radical (unpaired) electrons. The lowest BCUT2D eigenvalue weighted by atomic mass is 10.1. The molecule has 0 unspecified atom stereocenters. The number of benzene rings is 3. The number of carbonyl (C=O) groups is 1. The second kappa shape index (κ2) is 11.0. The first-order valence-electron chi connectivity index (χ1n) is 12.3. The van der Waals surface area contributed by atoms with Crippen LogP contribution in [0.5, 0.6) is 0 Å². The lowest BCUT2D eigenvalue weighted by Crippen LogP contribution is -2.48. The van der Waals surface area contributed by atoms with Crippen LogP contribution < -0.4 is 0 Å². The van der Waals surface area contributed by atoms with Crippen LogP contribution in [-0.4, -0.2) is 55.3 Å². The number of fused-ring (bicyclic) bond motifs is 1. The van der Waals surface area contributed by atoms with E-state index in [0.29, 0.717) is 39.8 Å². The van der Waals surface area contributed by atoms with Gasteiger partial charge < -0.3 is 4.90 Å². The van der Waals surface area contributed by atoms with Crippen LogP contribution in [0.1, 0.15) is 27.0 Å². The molecule has 1 aliphatic rings. The van der Waals surface area contributed by atoms with Crippen molar-refractivity contribution < 1.29 is 13.2 Å². The van der Waals surface area contributed by atoms with Crippen molar-refractivity contribution in [2.24, 2.45) is 0 Å². The minimum absolute atomic E-state index is 0.0498. The Labute approximate surface area is 232 Å². The van der Waals surface area contributed by atoms with E-state index < -0.39 is 9.84 Å². The molecule has 4 aromatic rings. The van der Waals surface area contributed by atoms with Crippen LogP contribution in [0.3, 0.4) is 0 Å². The topological polar surface area (TPSA) is 70.6 Å². The number of hydrogen-bond donors (Lipinski definition) is 0. The maximum absolute atomic E-state index is 13.3. The molecule has 1 aliphatic heterocycles. The van der Waals surface area contributed by atoms with Crippen molar-refractivity contribution in [3.8, 4) is 0 Å². The summed E-state index contributed by atoms with van der Waals surface area (Å²) < 4.78 is 26.6. The van der Waals surface area contributed by atoms with Gasteiger partial charge in [0.1, 0.15) is 0 Å². The summed E-state index contributed by atoms with van der Waals surface area (Å²) in [5, 5.41) is 2.01. The highest BCUT2D eigenvalue weighted by Crippen LogP contribution is 2.26. The van der Waals surface area contributed by atoms with Crippen molar-refractivity contribution in [2.45, 2.75) is 24.1 Å². The van der Waals surface area contributed by atoms with E-state index in [1.54, 1.807) is 48.7 Å². The number of amides is 1. The van der Waals surface area contributed by atoms with Crippen molar-refractivity contribution in [1.82, 2.24) is 14.8 Å². The van der Waals surface area contributed by atoms with Crippen molar-refractivity contribution >= 4 is 49.8 Å². The fourth-order valence-corrected chi connectivity index (χ4v) is 7.06. The first-order valence-corrected chi connectivity index (χ1v) is 14.7. The molecule has 6 nitrogen and oxygen atoms in total. The van der Waals surface area contributed by atoms with Gasteiger partial charge in [0.15, 0.2) is 9.84 Å². The van der Waals surface area contributed by atoms with E-state index in [9.17, 15) is 13.2 Å². The maximum atomic E-state index is 13.3. The normalized spacial score (nSPS) is 14.7. The van der Waals surface area contributed by atoms with Crippen LogP contribution in [0.15, 0.2) is 77.8 Å². The summed E-state index contributed by atoms with van der Waals surface area (Å²) in [6, 6.07) is 19.6. The summed E-state index contributed by atoms with van der Waals surface area (Å²) in [6.45, 7) is 5.26. The summed E-state index contributed by atoms with van der Waals surface area (Å²) in [4.78, 5) is 21.8. The van der Waals surface area contributed by atoms with E-state index in [0.717, 1.165) is 36.1 Å². The Kier molecular flexibility index (Phi) is 7.73. The molecule has 0 spiro atoms. The van der Waals surface area contributed by atoms with Crippen molar-refractivity contribution in [3.63, 3.8) is 0 Å². The molecule has 0 N–H and O–H groups in total. The highest BCUT2D eigenvalue weighted by atomic mass is 35.5. The molecular formula is C29H27Cl2N3O3S. The average molecular weight is 569 g/mol. The third kappa shape index (κ3) is 5.86. The summed E-state index contributed by atoms with van der Waals surface area (Å²) in [6.07, 6.45) is 1.60. The zero-order valence-corrected chi connectivity index (χ0v) is 23.2. The van der Waals surface area contributed by atoms with Gasteiger partial charge in [0.25, 0.3) is 5.91 Å². The number of carbonyl (C=O) groups excluding carboxylic acids is 1. The first-order chi connectivity index (χ1) is 18.2. The molecule has 1 fully saturated rings. The summed E-state index contributed by atoms with van der Waals surface area (Å²) in [5.74, 6) is -0.207. The molecule has 2 heterocycles. The molecule has 196 valence electrons. The van der Waals surface area contributed by atoms with Gasteiger partial charge in [-0.25, -0.2) is 8.42 Å². The monoisotopic (exact) mass is 567 g/mol. The number of piperazine rings is 1. The number of pyridine rings is 1. The van der Waals surface area contributed by atoms with E-state index in [-0.39, 0.29) is 16.6 Å². The molecule has 1 aromatic heterocycles. The van der Waals surface area contributed by atoms with Gasteiger partial charge in [-0.1, -0.05) is 47.5 Å². The van der Waals surface area contributed by atoms with Gasteiger partial charge in [-0.15, -0.1) is 0 Å². The van der Waals surface area contributed by atoms with Gasteiger partial charge in [0.05, 0.1) is 16.2 Å². The van der Waals surface area contributed by atoms with Crippen molar-refractivity contribution in [3.05, 3.63) is 105 Å². The highest BCUT2D eigenvalue weighted by molar-refractivity contribution is 7.90. The zero-order chi connectivity index (χ0) is 26.9. The van der Waals surface area contributed by atoms with Crippen molar-refractivity contribution in [2.75, 3.05) is 26.2 Å². The van der Waals surface area contributed by atoms with Crippen LogP contribution in [-0.2, 0) is 22.1 Å². The smallest absolute Gasteiger partial charge is 0.253 e. The Balaban J connectivity index is 1.25. The fourth-order valence-electron chi connectivity index (χ4n) is 4.85. The standard InChI is InChI=1S/C29H27Cl2N3O3S/c1-20-14-23(29(35)34-12-10-33(11-13-34)18-21-15-25(30)17-26(31)16-21)7-8-24(20)19-38(36,37)27-6-2-4-22-5-3-9-32-28(22)27/h2-9,14-17H,10-13,18-19H2,1H3. The van der Waals surface area contributed by atoms with Gasteiger partial charge in [-0.05, 0) is 66.1 Å². The number of hydrogen-bond acceptors (Lipinski definition) is 5. The highest BCUT2D eigenvalue weighted by Gasteiger charge is 2.24. The minimum Gasteiger partial charge on any atom is -0.336 e. The molecule has 0 aliphatic carbocycles. The van der Waals surface area contributed by atoms with Crippen LogP contribution in [0, 0.1) is 6.92 Å². The second-order valence-electron chi connectivity index (χ2n) is 9.58. The summed E-state index contributed by atoms with van der Waals surface area (Å²) >= 11 is 12.2. The predicted molar refractivity (Wildman–Crippen MR) is 151 cm³/mol. The SMILES string of the molecule is Cc1cc(C(=O)N2CCN(Cc3cc(Cl)cc(Cl)c3)CC2)ccc1CS(=O)(=O)c1cccc2cccnc12. The van der Waals surface area contributed by atoms with E-state index in [2.05, 4.69) is 9.88 Å². The molecule has 3 aromatic carbocycles. The second-order valence-corrected chi connectivity index (χ2v) is 12.4. The molecule has 0 bridgehead atoms. The van der Waals surface area contributed by atoms with Crippen LogP contribution >= 0.6 is 23.2 Å². The Morgan fingerprint density at radius 1 is 0.921 bits per heavy atom. The molecule has 5 rings (SSSR count). The van der Waals surface area contributed by atoms with E-state index in [4.69, 9.17) is 23.2 Å². The van der Waals surface area contributed by atoms with Gasteiger partial charge in [-0.3, -0.25) is 14.7 Å². The lowest BCUT2D eigenvalue weighted by molar-refractivity contribution is 0.0628. The van der Waals surface area contributed by atoms with Crippen LogP contribution in [0.2, 0.25) is 10.0 Å².